The topological polar surface area (TPSA) is 66.2 Å². The molecule has 9 heteroatoms. The van der Waals surface area contributed by atoms with Crippen molar-refractivity contribution in [2.45, 2.75) is 57.5 Å². The lowest BCUT2D eigenvalue weighted by molar-refractivity contribution is 0.0155. The van der Waals surface area contributed by atoms with Crippen LogP contribution in [0.25, 0.3) is 15.6 Å². The summed E-state index contributed by atoms with van der Waals surface area (Å²) in [6, 6.07) is 12.7. The van der Waals surface area contributed by atoms with Crippen molar-refractivity contribution in [3.8, 4) is 0 Å². The van der Waals surface area contributed by atoms with E-state index in [1.165, 1.54) is 27.6 Å². The van der Waals surface area contributed by atoms with E-state index in [0.29, 0.717) is 19.6 Å². The molecule has 1 saturated heterocycles. The van der Waals surface area contributed by atoms with Crippen LogP contribution < -0.4 is 9.80 Å². The van der Waals surface area contributed by atoms with Crippen molar-refractivity contribution in [1.82, 2.24) is 14.9 Å². The van der Waals surface area contributed by atoms with E-state index < -0.39 is 5.60 Å². The first-order valence-electron chi connectivity index (χ1n) is 13.4. The van der Waals surface area contributed by atoms with Crippen molar-refractivity contribution >= 4 is 40.1 Å². The van der Waals surface area contributed by atoms with E-state index in [2.05, 4.69) is 58.0 Å². The minimum Gasteiger partial charge on any atom is -0.444 e. The number of aromatic nitrogens is 2. The van der Waals surface area contributed by atoms with Gasteiger partial charge in [0, 0.05) is 42.8 Å². The number of hydrogen-bond acceptors (Lipinski definition) is 7. The molecule has 1 aromatic heterocycles. The van der Waals surface area contributed by atoms with Crippen LogP contribution in [-0.2, 0) is 17.7 Å². The molecule has 2 aliphatic heterocycles. The zero-order valence-corrected chi connectivity index (χ0v) is 24.2. The molecule has 0 radical (unpaired) electrons. The molecule has 1 fully saturated rings. The molecule has 2 aliphatic rings. The third kappa shape index (κ3) is 5.62. The second kappa shape index (κ2) is 10.9. The number of aryl methyl sites for hydroxylation is 1. The highest BCUT2D eigenvalue weighted by Crippen LogP contribution is 2.35. The van der Waals surface area contributed by atoms with E-state index in [1.54, 1.807) is 16.7 Å². The predicted molar refractivity (Wildman–Crippen MR) is 158 cm³/mol. The number of anilines is 2. The van der Waals surface area contributed by atoms with Gasteiger partial charge in [0.1, 0.15) is 17.5 Å². The van der Waals surface area contributed by atoms with Crippen molar-refractivity contribution in [2.24, 2.45) is 0 Å². The van der Waals surface area contributed by atoms with E-state index in [1.807, 2.05) is 27.0 Å². The normalized spacial score (nSPS) is 17.6. The fourth-order valence-electron chi connectivity index (χ4n) is 5.59. The summed E-state index contributed by atoms with van der Waals surface area (Å²) in [5.74, 6) is 0.942. The maximum Gasteiger partial charge on any atom is 0.410 e. The van der Waals surface area contributed by atoms with Crippen LogP contribution >= 0.6 is 11.8 Å². The Hall–Kier alpha value is -3.51. The Morgan fingerprint density at radius 2 is 1.90 bits per heavy atom. The molecule has 1 unspecified atom stereocenters. The SMILES string of the molecule is [C-]#[N+]CC1CN(c2nc(SC)nc3c2CCN(c2cccc4cccc(C)c24)C3)CCN1C(=O)OC(C)(C)C. The van der Waals surface area contributed by atoms with E-state index in [9.17, 15) is 4.79 Å². The second-order valence-corrected chi connectivity index (χ2v) is 12.0. The number of carbonyl (C=O) groups is 1. The molecule has 39 heavy (non-hydrogen) atoms. The van der Waals surface area contributed by atoms with Gasteiger partial charge in [-0.3, -0.25) is 4.90 Å². The molecule has 0 spiro atoms. The first kappa shape index (κ1) is 27.1. The maximum atomic E-state index is 12.9. The van der Waals surface area contributed by atoms with Crippen LogP contribution in [-0.4, -0.2) is 71.6 Å². The summed E-state index contributed by atoms with van der Waals surface area (Å²) in [6.07, 6.45) is 2.48. The Bertz CT molecular complexity index is 1420. The van der Waals surface area contributed by atoms with Gasteiger partial charge < -0.3 is 19.4 Å². The van der Waals surface area contributed by atoms with Crippen LogP contribution in [0.3, 0.4) is 0 Å². The standard InChI is InChI=1S/C30H36N6O2S/c1-20-9-7-10-21-11-8-12-25(26(20)21)34-14-13-23-24(19-34)32-28(39-6)33-27(23)35-15-16-36(22(18-35)17-31-5)29(37)38-30(2,3)4/h7-12,22H,13-19H2,1-4,6H3. The van der Waals surface area contributed by atoms with Gasteiger partial charge in [0.15, 0.2) is 5.16 Å². The van der Waals surface area contributed by atoms with Crippen LogP contribution in [0, 0.1) is 13.5 Å². The van der Waals surface area contributed by atoms with Gasteiger partial charge in [-0.2, -0.15) is 0 Å². The molecule has 0 bridgehead atoms. The molecule has 5 rings (SSSR count). The quantitative estimate of drug-likeness (QED) is 0.242. The lowest BCUT2D eigenvalue weighted by Crippen LogP contribution is -2.57. The number of rotatable bonds is 4. The van der Waals surface area contributed by atoms with Crippen molar-refractivity contribution in [3.63, 3.8) is 0 Å². The molecule has 3 heterocycles. The lowest BCUT2D eigenvalue weighted by Gasteiger charge is -2.41. The molecule has 1 amide bonds. The first-order valence-corrected chi connectivity index (χ1v) is 14.7. The van der Waals surface area contributed by atoms with Crippen molar-refractivity contribution in [2.75, 3.05) is 48.8 Å². The number of ether oxygens (including phenoxy) is 1. The molecular formula is C30H36N6O2S. The van der Waals surface area contributed by atoms with Gasteiger partial charge in [0.25, 0.3) is 0 Å². The summed E-state index contributed by atoms with van der Waals surface area (Å²) in [5.41, 5.74) is 4.16. The number of fused-ring (bicyclic) bond motifs is 2. The van der Waals surface area contributed by atoms with Crippen LogP contribution in [0.4, 0.5) is 16.3 Å². The number of amides is 1. The van der Waals surface area contributed by atoms with Crippen molar-refractivity contribution < 1.29 is 9.53 Å². The Balaban J connectivity index is 1.44. The Labute approximate surface area is 235 Å². The number of piperazine rings is 1. The van der Waals surface area contributed by atoms with Crippen molar-refractivity contribution in [1.29, 1.82) is 0 Å². The van der Waals surface area contributed by atoms with Gasteiger partial charge >= 0.3 is 6.09 Å². The third-order valence-corrected chi connectivity index (χ3v) is 7.90. The number of hydrogen-bond donors (Lipinski definition) is 0. The highest BCUT2D eigenvalue weighted by atomic mass is 32.2. The highest BCUT2D eigenvalue weighted by Gasteiger charge is 2.37. The third-order valence-electron chi connectivity index (χ3n) is 7.35. The summed E-state index contributed by atoms with van der Waals surface area (Å²) < 4.78 is 5.65. The summed E-state index contributed by atoms with van der Waals surface area (Å²) in [6.45, 7) is 18.8. The Morgan fingerprint density at radius 3 is 2.62 bits per heavy atom. The van der Waals surface area contributed by atoms with E-state index in [4.69, 9.17) is 21.3 Å². The number of benzene rings is 2. The molecule has 2 aromatic carbocycles. The smallest absolute Gasteiger partial charge is 0.410 e. The van der Waals surface area contributed by atoms with Crippen LogP contribution in [0.15, 0.2) is 41.6 Å². The lowest BCUT2D eigenvalue weighted by atomic mass is 9.99. The number of thioether (sulfide) groups is 1. The maximum absolute atomic E-state index is 12.9. The molecular weight excluding hydrogens is 508 g/mol. The fraction of sp³-hybridized carbons (Fsp3) is 0.467. The van der Waals surface area contributed by atoms with Crippen LogP contribution in [0.5, 0.6) is 0 Å². The van der Waals surface area contributed by atoms with Gasteiger partial charge in [-0.15, -0.1) is 0 Å². The predicted octanol–water partition coefficient (Wildman–Crippen LogP) is 5.57. The average molecular weight is 545 g/mol. The molecule has 3 aromatic rings. The van der Waals surface area contributed by atoms with E-state index in [0.717, 1.165) is 36.2 Å². The van der Waals surface area contributed by atoms with E-state index in [-0.39, 0.29) is 18.7 Å². The number of carbonyl (C=O) groups excluding carboxylic acids is 1. The molecule has 8 nitrogen and oxygen atoms in total. The van der Waals surface area contributed by atoms with Gasteiger partial charge in [-0.25, -0.2) is 21.3 Å². The zero-order chi connectivity index (χ0) is 27.7. The molecule has 204 valence electrons. The fourth-order valence-corrected chi connectivity index (χ4v) is 5.97. The van der Waals surface area contributed by atoms with Gasteiger partial charge in [0.2, 0.25) is 6.54 Å². The summed E-state index contributed by atoms with van der Waals surface area (Å²) in [5, 5.41) is 3.29. The average Bonchev–Trinajstić information content (AvgIpc) is 2.91. The summed E-state index contributed by atoms with van der Waals surface area (Å²) in [7, 11) is 0. The first-order chi connectivity index (χ1) is 18.7. The minimum absolute atomic E-state index is 0.229. The molecule has 0 aliphatic carbocycles. The molecule has 1 atom stereocenters. The van der Waals surface area contributed by atoms with Gasteiger partial charge in [0.05, 0.1) is 12.2 Å². The highest BCUT2D eigenvalue weighted by molar-refractivity contribution is 7.98. The van der Waals surface area contributed by atoms with Gasteiger partial charge in [-0.05, 0) is 57.4 Å². The van der Waals surface area contributed by atoms with Crippen molar-refractivity contribution in [3.05, 3.63) is 64.6 Å². The van der Waals surface area contributed by atoms with Gasteiger partial charge in [-0.1, -0.05) is 42.1 Å². The van der Waals surface area contributed by atoms with Crippen LogP contribution in [0.1, 0.15) is 37.6 Å². The molecule has 0 saturated carbocycles. The van der Waals surface area contributed by atoms with Crippen LogP contribution in [0.2, 0.25) is 0 Å². The Morgan fingerprint density at radius 1 is 1.13 bits per heavy atom. The number of nitrogens with zero attached hydrogens (tertiary/aromatic N) is 6. The largest absolute Gasteiger partial charge is 0.444 e. The Kier molecular flexibility index (Phi) is 7.59. The summed E-state index contributed by atoms with van der Waals surface area (Å²) >= 11 is 1.54. The second-order valence-electron chi connectivity index (χ2n) is 11.2. The molecule has 0 N–H and O–H groups in total. The minimum atomic E-state index is -0.579. The zero-order valence-electron chi connectivity index (χ0n) is 23.4. The monoisotopic (exact) mass is 544 g/mol. The van der Waals surface area contributed by atoms with E-state index >= 15 is 0 Å². The summed E-state index contributed by atoms with van der Waals surface area (Å²) in [4.78, 5) is 32.9.